The van der Waals surface area contributed by atoms with Crippen LogP contribution in [0.5, 0.6) is 0 Å². The van der Waals surface area contributed by atoms with Gasteiger partial charge in [-0.15, -0.1) is 0 Å². The van der Waals surface area contributed by atoms with Gasteiger partial charge >= 0.3 is 6.18 Å². The van der Waals surface area contributed by atoms with Crippen LogP contribution in [0.3, 0.4) is 0 Å². The van der Waals surface area contributed by atoms with E-state index in [0.29, 0.717) is 0 Å². The summed E-state index contributed by atoms with van der Waals surface area (Å²) in [7, 11) is 0. The molecule has 0 unspecified atom stereocenters. The van der Waals surface area contributed by atoms with E-state index in [1.807, 2.05) is 13.8 Å². The summed E-state index contributed by atoms with van der Waals surface area (Å²) in [5.41, 5.74) is -1.12. The Kier molecular flexibility index (Phi) is 5.44. The number of hydrogen-bond donors (Lipinski definition) is 0. The third-order valence-electron chi connectivity index (χ3n) is 1.52. The van der Waals surface area contributed by atoms with Crippen molar-refractivity contribution in [1.29, 1.82) is 0 Å². The van der Waals surface area contributed by atoms with Gasteiger partial charge in [0.25, 0.3) is 0 Å². The van der Waals surface area contributed by atoms with Gasteiger partial charge < -0.3 is 0 Å². The number of alkyl halides is 3. The largest absolute Gasteiger partial charge is 0.433 e. The van der Waals surface area contributed by atoms with Gasteiger partial charge in [-0.2, -0.15) is 13.2 Å². The van der Waals surface area contributed by atoms with Crippen LogP contribution in [-0.2, 0) is 6.18 Å². The van der Waals surface area contributed by atoms with E-state index < -0.39 is 22.8 Å². The molecule has 0 amide bonds. The lowest BCUT2D eigenvalue weighted by molar-refractivity contribution is -0.141. The molecule has 0 N–H and O–H groups in total. The molecule has 1 rings (SSSR count). The first kappa shape index (κ1) is 14.9. The summed E-state index contributed by atoms with van der Waals surface area (Å²) in [5, 5.41) is -0.424. The van der Waals surface area contributed by atoms with Gasteiger partial charge in [0.05, 0.1) is 5.56 Å². The van der Waals surface area contributed by atoms with Crippen molar-refractivity contribution in [2.75, 3.05) is 0 Å². The molecule has 0 radical (unpaired) electrons. The van der Waals surface area contributed by atoms with Gasteiger partial charge in [0, 0.05) is 0 Å². The van der Waals surface area contributed by atoms with Crippen LogP contribution >= 0.6 is 11.6 Å². The zero-order chi connectivity index (χ0) is 12.9. The fourth-order valence-corrected chi connectivity index (χ4v) is 1.14. The van der Waals surface area contributed by atoms with E-state index in [9.17, 15) is 18.0 Å². The highest BCUT2D eigenvalue weighted by atomic mass is 35.5. The van der Waals surface area contributed by atoms with Crippen LogP contribution in [0.1, 0.15) is 36.8 Å². The van der Waals surface area contributed by atoms with Crippen molar-refractivity contribution in [1.82, 2.24) is 4.98 Å². The summed E-state index contributed by atoms with van der Waals surface area (Å²) in [5.74, 6) is -0.420. The number of ketones is 1. The summed E-state index contributed by atoms with van der Waals surface area (Å²) < 4.78 is 36.3. The monoisotopic (exact) mass is 253 g/mol. The number of halogens is 4. The Bertz CT molecular complexity index is 377. The van der Waals surface area contributed by atoms with E-state index >= 15 is 0 Å². The van der Waals surface area contributed by atoms with Gasteiger partial charge in [0.1, 0.15) is 10.8 Å². The van der Waals surface area contributed by atoms with Crippen molar-refractivity contribution < 1.29 is 18.0 Å². The van der Waals surface area contributed by atoms with Crippen molar-refractivity contribution in [3.63, 3.8) is 0 Å². The quantitative estimate of drug-likeness (QED) is 0.560. The van der Waals surface area contributed by atoms with Crippen molar-refractivity contribution in [2.24, 2.45) is 0 Å². The van der Waals surface area contributed by atoms with Gasteiger partial charge in [0.2, 0.25) is 0 Å². The SMILES string of the molecule is CC.CC(=O)c1ccc(C(F)(F)F)nc1Cl. The molecule has 1 aromatic heterocycles. The molecule has 16 heavy (non-hydrogen) atoms. The molecule has 0 fully saturated rings. The van der Waals surface area contributed by atoms with Crippen LogP contribution in [0.15, 0.2) is 12.1 Å². The van der Waals surface area contributed by atoms with Gasteiger partial charge in [-0.3, -0.25) is 4.79 Å². The highest BCUT2D eigenvalue weighted by Crippen LogP contribution is 2.29. The predicted octanol–water partition coefficient (Wildman–Crippen LogP) is 3.98. The van der Waals surface area contributed by atoms with E-state index in [-0.39, 0.29) is 5.56 Å². The number of pyridine rings is 1. The average Bonchev–Trinajstić information content (AvgIpc) is 2.18. The fraction of sp³-hybridized carbons (Fsp3) is 0.400. The molecule has 0 spiro atoms. The Morgan fingerprint density at radius 1 is 1.31 bits per heavy atom. The summed E-state index contributed by atoms with van der Waals surface area (Å²) in [4.78, 5) is 13.9. The van der Waals surface area contributed by atoms with E-state index in [4.69, 9.17) is 11.6 Å². The summed E-state index contributed by atoms with van der Waals surface area (Å²) in [6.07, 6.45) is -4.54. The number of rotatable bonds is 1. The van der Waals surface area contributed by atoms with Crippen LogP contribution < -0.4 is 0 Å². The van der Waals surface area contributed by atoms with E-state index in [2.05, 4.69) is 4.98 Å². The minimum Gasteiger partial charge on any atom is -0.294 e. The number of nitrogens with zero attached hydrogens (tertiary/aromatic N) is 1. The molecule has 6 heteroatoms. The topological polar surface area (TPSA) is 30.0 Å². The number of carbonyl (C=O) groups is 1. The molecule has 0 saturated carbocycles. The first-order valence-corrected chi connectivity index (χ1v) is 4.95. The van der Waals surface area contributed by atoms with Crippen molar-refractivity contribution in [3.8, 4) is 0 Å². The average molecular weight is 254 g/mol. The molecule has 0 aliphatic rings. The Labute approximate surface area is 96.4 Å². The first-order chi connectivity index (χ1) is 7.32. The minimum absolute atomic E-state index is 0.0142. The molecule has 0 aromatic carbocycles. The van der Waals surface area contributed by atoms with E-state index in [1.54, 1.807) is 0 Å². The second kappa shape index (κ2) is 5.84. The maximum absolute atomic E-state index is 12.1. The van der Waals surface area contributed by atoms with Crippen molar-refractivity contribution >= 4 is 17.4 Å². The maximum atomic E-state index is 12.1. The zero-order valence-corrected chi connectivity index (χ0v) is 9.78. The van der Waals surface area contributed by atoms with Crippen LogP contribution in [0, 0.1) is 0 Å². The Morgan fingerprint density at radius 3 is 2.12 bits per heavy atom. The maximum Gasteiger partial charge on any atom is 0.433 e. The molecular weight excluding hydrogens is 243 g/mol. The van der Waals surface area contributed by atoms with Crippen molar-refractivity contribution in [3.05, 3.63) is 28.5 Å². The van der Waals surface area contributed by atoms with E-state index in [0.717, 1.165) is 12.1 Å². The third kappa shape index (κ3) is 3.81. The second-order valence-corrected chi connectivity index (χ2v) is 2.95. The fourth-order valence-electron chi connectivity index (χ4n) is 0.855. The van der Waals surface area contributed by atoms with Gasteiger partial charge in [-0.05, 0) is 19.1 Å². The number of hydrogen-bond acceptors (Lipinski definition) is 2. The third-order valence-corrected chi connectivity index (χ3v) is 1.81. The summed E-state index contributed by atoms with van der Waals surface area (Å²) in [6, 6.07) is 1.74. The molecule has 0 aliphatic carbocycles. The van der Waals surface area contributed by atoms with E-state index in [1.165, 1.54) is 6.92 Å². The molecule has 0 aliphatic heterocycles. The molecule has 1 aromatic rings. The van der Waals surface area contributed by atoms with Gasteiger partial charge in [-0.25, -0.2) is 4.98 Å². The number of carbonyl (C=O) groups excluding carboxylic acids is 1. The van der Waals surface area contributed by atoms with Crippen LogP contribution in [0.2, 0.25) is 5.15 Å². The molecule has 90 valence electrons. The molecule has 2 nitrogen and oxygen atoms in total. The molecular formula is C10H11ClF3NO. The number of aromatic nitrogens is 1. The lowest BCUT2D eigenvalue weighted by Crippen LogP contribution is -2.09. The molecule has 0 atom stereocenters. The second-order valence-electron chi connectivity index (χ2n) is 2.59. The van der Waals surface area contributed by atoms with Crippen molar-refractivity contribution in [2.45, 2.75) is 26.9 Å². The van der Waals surface area contributed by atoms with Gasteiger partial charge in [0.15, 0.2) is 5.78 Å². The number of Topliss-reactive ketones (excluding diaryl/α,β-unsaturated/α-hetero) is 1. The minimum atomic E-state index is -4.54. The normalized spacial score (nSPS) is 10.4. The lowest BCUT2D eigenvalue weighted by atomic mass is 10.2. The smallest absolute Gasteiger partial charge is 0.294 e. The van der Waals surface area contributed by atoms with Gasteiger partial charge in [-0.1, -0.05) is 25.4 Å². The lowest BCUT2D eigenvalue weighted by Gasteiger charge is -2.06. The summed E-state index contributed by atoms with van der Waals surface area (Å²) >= 11 is 5.40. The zero-order valence-electron chi connectivity index (χ0n) is 9.02. The predicted molar refractivity (Wildman–Crippen MR) is 55.6 cm³/mol. The van der Waals surface area contributed by atoms with Crippen LogP contribution in [0.25, 0.3) is 0 Å². The molecule has 1 heterocycles. The Balaban J connectivity index is 0.00000106. The van der Waals surface area contributed by atoms with Crippen LogP contribution in [-0.4, -0.2) is 10.8 Å². The first-order valence-electron chi connectivity index (χ1n) is 4.57. The molecule has 0 bridgehead atoms. The highest BCUT2D eigenvalue weighted by Gasteiger charge is 2.33. The Morgan fingerprint density at radius 2 is 1.81 bits per heavy atom. The standard InChI is InChI=1S/C8H5ClF3NO.C2H6/c1-4(14)5-2-3-6(8(10,11)12)13-7(5)9;1-2/h2-3H,1H3;1-2H3. The molecule has 0 saturated heterocycles. The van der Waals surface area contributed by atoms with Crippen LogP contribution in [0.4, 0.5) is 13.2 Å². The summed E-state index contributed by atoms with van der Waals surface area (Å²) in [6.45, 7) is 5.20. The highest BCUT2D eigenvalue weighted by molar-refractivity contribution is 6.32. The Hall–Kier alpha value is -1.10.